The van der Waals surface area contributed by atoms with Gasteiger partial charge in [-0.05, 0) is 6.42 Å². The number of rotatable bonds is 3. The van der Waals surface area contributed by atoms with E-state index in [4.69, 9.17) is 0 Å². The average molecular weight is 305 g/mol. The molecule has 0 aromatic carbocycles. The van der Waals surface area contributed by atoms with Crippen LogP contribution in [-0.4, -0.2) is 45.8 Å². The molecule has 4 nitrogen and oxygen atoms in total. The molecule has 1 aliphatic rings. The molecule has 1 aliphatic heterocycles. The zero-order valence-corrected chi connectivity index (χ0v) is 13.0. The van der Waals surface area contributed by atoms with Gasteiger partial charge in [0.15, 0.2) is 0 Å². The van der Waals surface area contributed by atoms with E-state index in [1.807, 2.05) is 6.92 Å². The second kappa shape index (κ2) is 7.29. The first-order chi connectivity index (χ1) is 6.60. The number of aliphatic hydroxyl groups excluding tert-OH is 1. The summed E-state index contributed by atoms with van der Waals surface area (Å²) in [4.78, 5) is 13.4. The number of carbonyl (C=O) groups excluding carboxylic acids is 1. The summed E-state index contributed by atoms with van der Waals surface area (Å²) < 4.78 is 1.80. The number of aliphatic hydroxyl groups is 1. The molecule has 1 rings (SSSR count). The third-order valence-electron chi connectivity index (χ3n) is 2.44. The van der Waals surface area contributed by atoms with E-state index >= 15 is 0 Å². The summed E-state index contributed by atoms with van der Waals surface area (Å²) in [6.45, 7) is 8.18. The topological polar surface area (TPSA) is 43.8 Å². The summed E-state index contributed by atoms with van der Waals surface area (Å²) >= 11 is 0. The summed E-state index contributed by atoms with van der Waals surface area (Å²) in [7, 11) is 2.48. The first-order valence-electron chi connectivity index (χ1n) is 4.68. The third-order valence-corrected chi connectivity index (χ3v) is 3.01. The van der Waals surface area contributed by atoms with Crippen molar-refractivity contribution in [3.05, 3.63) is 13.5 Å². The second-order valence-corrected chi connectivity index (χ2v) is 4.06. The minimum atomic E-state index is -0.398. The molecule has 0 aromatic rings. The monoisotopic (exact) mass is 305 g/mol. The summed E-state index contributed by atoms with van der Waals surface area (Å²) in [5.41, 5.74) is 0. The number of hydrogen-bond acceptors (Lipinski definition) is 3. The predicted molar refractivity (Wildman–Crippen MR) is 57.9 cm³/mol. The smallest absolute Gasteiger partial charge is 0.209 e. The molecule has 1 saturated heterocycles. The maximum absolute atomic E-state index is 11.9. The first-order valence-corrected chi connectivity index (χ1v) is 5.20. The van der Waals surface area contributed by atoms with Crippen LogP contribution in [0.4, 0.5) is 0 Å². The van der Waals surface area contributed by atoms with Crippen molar-refractivity contribution in [3.63, 3.8) is 0 Å². The maximum atomic E-state index is 11.9. The number of carbonyl (C=O) groups is 1. The van der Waals surface area contributed by atoms with Crippen LogP contribution in [0, 0.1) is 13.5 Å². The van der Waals surface area contributed by atoms with Gasteiger partial charge in [0.05, 0.1) is 12.1 Å². The van der Waals surface area contributed by atoms with Gasteiger partial charge in [0.25, 0.3) is 0 Å². The van der Waals surface area contributed by atoms with Crippen LogP contribution in [0.5, 0.6) is 0 Å². The van der Waals surface area contributed by atoms with Crippen LogP contribution in [0.15, 0.2) is 0 Å². The zero-order valence-electron chi connectivity index (χ0n) is 8.97. The van der Waals surface area contributed by atoms with Gasteiger partial charge in [-0.25, -0.2) is 6.54 Å². The van der Waals surface area contributed by atoms with Gasteiger partial charge < -0.3 is 16.9 Å². The van der Waals surface area contributed by atoms with Crippen LogP contribution in [-0.2, 0) is 37.5 Å². The standard InChI is InChI=1S/C9H17N2O2P.Y/c1-3-10(4-2)9(13)8-5-7(12)6-11(8)14;/h4,7-8,12H,1,3,5-6,14H2,2H3;/q-2;/t7?,8-;/m0./s1. The molecule has 2 unspecified atom stereocenters. The van der Waals surface area contributed by atoms with Gasteiger partial charge in [-0.3, -0.25) is 9.46 Å². The molecule has 1 fully saturated rings. The van der Waals surface area contributed by atoms with Crippen molar-refractivity contribution in [1.29, 1.82) is 0 Å². The van der Waals surface area contributed by atoms with Crippen LogP contribution in [0.2, 0.25) is 0 Å². The van der Waals surface area contributed by atoms with E-state index in [2.05, 4.69) is 16.3 Å². The average Bonchev–Trinajstić information content (AvgIpc) is 2.47. The molecule has 15 heavy (non-hydrogen) atoms. The molecule has 85 valence electrons. The summed E-state index contributed by atoms with van der Waals surface area (Å²) in [6, 6.07) is -0.229. The van der Waals surface area contributed by atoms with Gasteiger partial charge in [0.2, 0.25) is 5.91 Å². The Hall–Kier alpha value is 0.924. The summed E-state index contributed by atoms with van der Waals surface area (Å²) in [5, 5.41) is 9.39. The normalized spacial score (nSPS) is 26.1. The molecule has 0 spiro atoms. The molecule has 0 saturated carbocycles. The molecule has 6 heteroatoms. The largest absolute Gasteiger partial charge is 0.517 e. The van der Waals surface area contributed by atoms with Gasteiger partial charge in [-0.1, -0.05) is 9.39 Å². The maximum Gasteiger partial charge on any atom is 0.209 e. The van der Waals surface area contributed by atoms with E-state index in [0.29, 0.717) is 19.5 Å². The number of nitrogens with zero attached hydrogens (tertiary/aromatic N) is 2. The molecule has 0 bridgehead atoms. The molecule has 1 radical (unpaired) electrons. The Bertz CT molecular complexity index is 214. The zero-order chi connectivity index (χ0) is 10.7. The van der Waals surface area contributed by atoms with Crippen molar-refractivity contribution in [2.45, 2.75) is 25.5 Å². The quantitative estimate of drug-likeness (QED) is 0.592. The Labute approximate surface area is 119 Å². The SMILES string of the molecule is [CH2-]CN([CH-]C)C(=O)[C@@H]1CC(O)CN1P.[Y]. The van der Waals surface area contributed by atoms with Gasteiger partial charge in [-0.15, -0.1) is 6.54 Å². The van der Waals surface area contributed by atoms with E-state index in [0.717, 1.165) is 0 Å². The van der Waals surface area contributed by atoms with Crippen LogP contribution in [0.1, 0.15) is 13.3 Å². The molecule has 1 N–H and O–H groups in total. The third kappa shape index (κ3) is 4.01. The van der Waals surface area contributed by atoms with E-state index < -0.39 is 6.10 Å². The molecular weight excluding hydrogens is 288 g/mol. The first kappa shape index (κ1) is 15.9. The van der Waals surface area contributed by atoms with Crippen molar-refractivity contribution < 1.29 is 42.6 Å². The van der Waals surface area contributed by atoms with Crippen molar-refractivity contribution in [2.24, 2.45) is 0 Å². The van der Waals surface area contributed by atoms with Crippen molar-refractivity contribution in [2.75, 3.05) is 13.1 Å². The number of β-amino-alcohol motifs (C(OH)–C–C–N with tert-alkyl or cyclic N) is 1. The van der Waals surface area contributed by atoms with Gasteiger partial charge in [-0.2, -0.15) is 6.92 Å². The van der Waals surface area contributed by atoms with E-state index in [1.54, 1.807) is 16.1 Å². The number of hydrogen-bond donors (Lipinski definition) is 1. The van der Waals surface area contributed by atoms with Crippen LogP contribution in [0.3, 0.4) is 0 Å². The Morgan fingerprint density at radius 3 is 2.73 bits per heavy atom. The van der Waals surface area contributed by atoms with Gasteiger partial charge in [0.1, 0.15) is 0 Å². The van der Waals surface area contributed by atoms with Gasteiger partial charge >= 0.3 is 0 Å². The second-order valence-electron chi connectivity index (χ2n) is 3.39. The Morgan fingerprint density at radius 2 is 2.40 bits per heavy atom. The van der Waals surface area contributed by atoms with Crippen LogP contribution in [0.25, 0.3) is 0 Å². The Kier molecular flexibility index (Phi) is 7.74. The van der Waals surface area contributed by atoms with Crippen LogP contribution < -0.4 is 0 Å². The fourth-order valence-corrected chi connectivity index (χ4v) is 2.13. The van der Waals surface area contributed by atoms with Crippen LogP contribution >= 0.6 is 9.39 Å². The minimum absolute atomic E-state index is 0. The molecule has 1 amide bonds. The Balaban J connectivity index is 0.00000196. The van der Waals surface area contributed by atoms with E-state index in [-0.39, 0.29) is 44.7 Å². The molecule has 1 heterocycles. The fourth-order valence-electron chi connectivity index (χ4n) is 1.64. The fraction of sp³-hybridized carbons (Fsp3) is 0.667. The molecule has 0 aromatic heterocycles. The van der Waals surface area contributed by atoms with Crippen molar-refractivity contribution >= 4 is 15.3 Å². The molecule has 0 aliphatic carbocycles. The van der Waals surface area contributed by atoms with E-state index in [9.17, 15) is 9.90 Å². The predicted octanol–water partition coefficient (Wildman–Crippen LogP) is 0.0536. The van der Waals surface area contributed by atoms with Crippen molar-refractivity contribution in [1.82, 2.24) is 9.57 Å². The van der Waals surface area contributed by atoms with Gasteiger partial charge in [0, 0.05) is 39.3 Å². The summed E-state index contributed by atoms with van der Waals surface area (Å²) in [5.74, 6) is 0.00838. The molecule has 3 atom stereocenters. The summed E-state index contributed by atoms with van der Waals surface area (Å²) in [6.07, 6.45) is 0.108. The van der Waals surface area contributed by atoms with Crippen molar-refractivity contribution in [3.8, 4) is 0 Å². The minimum Gasteiger partial charge on any atom is -0.517 e. The Morgan fingerprint density at radius 1 is 1.80 bits per heavy atom. The van der Waals surface area contributed by atoms with E-state index in [1.165, 1.54) is 0 Å². The molecular formula is C9H17N2O2PY-2. The number of amides is 1.